The number of aryl methyl sites for hydroxylation is 1. The van der Waals surface area contributed by atoms with Crippen molar-refractivity contribution in [1.29, 1.82) is 0 Å². The fourth-order valence-corrected chi connectivity index (χ4v) is 4.64. The van der Waals surface area contributed by atoms with Crippen LogP contribution in [0.25, 0.3) is 0 Å². The molecule has 0 unspecified atom stereocenters. The molecular formula is C23H30ClN5O. The lowest BCUT2D eigenvalue weighted by molar-refractivity contribution is -0.132. The number of benzene rings is 1. The minimum atomic E-state index is -0.263. The number of nitrogens with one attached hydrogen (secondary N) is 1. The summed E-state index contributed by atoms with van der Waals surface area (Å²) in [6.07, 6.45) is 4.45. The zero-order valence-electron chi connectivity index (χ0n) is 17.9. The molecule has 2 aromatic rings. The third-order valence-corrected chi connectivity index (χ3v) is 6.28. The number of nitrogens with zero attached hydrogens (tertiary/aromatic N) is 4. The summed E-state index contributed by atoms with van der Waals surface area (Å²) in [4.78, 5) is 26.7. The first kappa shape index (κ1) is 21.1. The second-order valence-electron chi connectivity index (χ2n) is 8.71. The van der Waals surface area contributed by atoms with Crippen LogP contribution < -0.4 is 10.2 Å². The van der Waals surface area contributed by atoms with Gasteiger partial charge in [0.15, 0.2) is 0 Å². The van der Waals surface area contributed by atoms with E-state index in [0.29, 0.717) is 30.6 Å². The molecule has 7 heteroatoms. The van der Waals surface area contributed by atoms with Gasteiger partial charge in [0.05, 0.1) is 12.7 Å². The average Bonchev–Trinajstić information content (AvgIpc) is 3.36. The van der Waals surface area contributed by atoms with Crippen molar-refractivity contribution in [3.63, 3.8) is 0 Å². The van der Waals surface area contributed by atoms with Crippen LogP contribution in [0.4, 0.5) is 5.82 Å². The fourth-order valence-electron chi connectivity index (χ4n) is 4.51. The number of carbonyl (C=O) groups excluding carboxylic acids is 1. The van der Waals surface area contributed by atoms with Crippen LogP contribution in [0.2, 0.25) is 5.02 Å². The minimum Gasteiger partial charge on any atom is -0.337 e. The summed E-state index contributed by atoms with van der Waals surface area (Å²) >= 11 is 6.02. The van der Waals surface area contributed by atoms with Gasteiger partial charge in [-0.3, -0.25) is 4.79 Å². The Bertz CT molecular complexity index is 901. The molecule has 1 aromatic carbocycles. The van der Waals surface area contributed by atoms with Crippen molar-refractivity contribution in [2.75, 3.05) is 24.7 Å². The summed E-state index contributed by atoms with van der Waals surface area (Å²) < 4.78 is 0. The van der Waals surface area contributed by atoms with E-state index in [0.717, 1.165) is 30.8 Å². The zero-order valence-corrected chi connectivity index (χ0v) is 18.7. The molecule has 4 rings (SSSR count). The van der Waals surface area contributed by atoms with Crippen LogP contribution in [0.15, 0.2) is 30.6 Å². The molecule has 1 aliphatic carbocycles. The van der Waals surface area contributed by atoms with Gasteiger partial charge in [0.1, 0.15) is 12.1 Å². The zero-order chi connectivity index (χ0) is 21.3. The molecule has 2 aliphatic rings. The maximum Gasteiger partial charge on any atom is 0.241 e. The first-order valence-corrected chi connectivity index (χ1v) is 11.2. The van der Waals surface area contributed by atoms with Gasteiger partial charge >= 0.3 is 0 Å². The molecule has 1 saturated heterocycles. The molecule has 2 atom stereocenters. The Morgan fingerprint density at radius 2 is 2.00 bits per heavy atom. The van der Waals surface area contributed by atoms with Crippen LogP contribution >= 0.6 is 11.6 Å². The number of anilines is 1. The summed E-state index contributed by atoms with van der Waals surface area (Å²) in [6.45, 7) is 8.48. The highest BCUT2D eigenvalue weighted by Crippen LogP contribution is 2.37. The van der Waals surface area contributed by atoms with Gasteiger partial charge in [-0.05, 0) is 42.9 Å². The van der Waals surface area contributed by atoms with Crippen molar-refractivity contribution in [1.82, 2.24) is 20.2 Å². The molecule has 160 valence electrons. The standard InChI is InChI=1S/C23H30ClN5O/c1-15(2)27-20(12-17-5-7-18(24)8-6-17)23(30)29-11-10-28(14-29)22-21-16(3)4-9-19(21)25-13-26-22/h5-8,13,15-16,20,27H,4,9-12,14H2,1-3H3/t16-,20-/m1/s1. The number of hydrogen-bond donors (Lipinski definition) is 1. The average molecular weight is 428 g/mol. The van der Waals surface area contributed by atoms with Gasteiger partial charge in [0.2, 0.25) is 5.91 Å². The summed E-state index contributed by atoms with van der Waals surface area (Å²) in [7, 11) is 0. The van der Waals surface area contributed by atoms with E-state index in [-0.39, 0.29) is 18.0 Å². The lowest BCUT2D eigenvalue weighted by Crippen LogP contribution is -2.49. The van der Waals surface area contributed by atoms with E-state index >= 15 is 0 Å². The van der Waals surface area contributed by atoms with Crippen LogP contribution in [0.1, 0.15) is 49.9 Å². The van der Waals surface area contributed by atoms with Crippen molar-refractivity contribution in [3.05, 3.63) is 52.4 Å². The van der Waals surface area contributed by atoms with Crippen LogP contribution in [0.5, 0.6) is 0 Å². The monoisotopic (exact) mass is 427 g/mol. The fraction of sp³-hybridized carbons (Fsp3) is 0.522. The Balaban J connectivity index is 1.48. The second kappa shape index (κ2) is 8.90. The molecular weight excluding hydrogens is 398 g/mol. The Morgan fingerprint density at radius 3 is 2.73 bits per heavy atom. The van der Waals surface area contributed by atoms with Crippen LogP contribution in [0.3, 0.4) is 0 Å². The van der Waals surface area contributed by atoms with E-state index in [1.165, 1.54) is 11.3 Å². The van der Waals surface area contributed by atoms with Crippen molar-refractivity contribution in [2.24, 2.45) is 0 Å². The lowest BCUT2D eigenvalue weighted by Gasteiger charge is -2.27. The van der Waals surface area contributed by atoms with E-state index in [4.69, 9.17) is 11.6 Å². The highest BCUT2D eigenvalue weighted by molar-refractivity contribution is 6.30. The summed E-state index contributed by atoms with van der Waals surface area (Å²) in [5, 5.41) is 4.16. The van der Waals surface area contributed by atoms with Gasteiger partial charge in [-0.15, -0.1) is 0 Å². The van der Waals surface area contributed by atoms with Gasteiger partial charge in [-0.2, -0.15) is 0 Å². The molecule has 6 nitrogen and oxygen atoms in total. The maximum absolute atomic E-state index is 13.4. The van der Waals surface area contributed by atoms with Crippen molar-refractivity contribution >= 4 is 23.3 Å². The first-order valence-electron chi connectivity index (χ1n) is 10.8. The van der Waals surface area contributed by atoms with Crippen molar-refractivity contribution in [2.45, 2.75) is 58.0 Å². The number of rotatable bonds is 6. The first-order chi connectivity index (χ1) is 14.4. The number of hydrogen-bond acceptors (Lipinski definition) is 5. The van der Waals surface area contributed by atoms with Crippen molar-refractivity contribution < 1.29 is 4.79 Å². The highest BCUT2D eigenvalue weighted by atomic mass is 35.5. The van der Waals surface area contributed by atoms with Crippen molar-refractivity contribution in [3.8, 4) is 0 Å². The Kier molecular flexibility index (Phi) is 6.25. The molecule has 0 bridgehead atoms. The Labute approximate surface area is 183 Å². The largest absolute Gasteiger partial charge is 0.337 e. The number of halogens is 1. The van der Waals surface area contributed by atoms with E-state index < -0.39 is 0 Å². The summed E-state index contributed by atoms with van der Waals surface area (Å²) in [5.41, 5.74) is 3.54. The molecule has 30 heavy (non-hydrogen) atoms. The molecule has 2 heterocycles. The number of aromatic nitrogens is 2. The molecule has 0 radical (unpaired) electrons. The third-order valence-electron chi connectivity index (χ3n) is 6.03. The topological polar surface area (TPSA) is 61.4 Å². The van der Waals surface area contributed by atoms with Gasteiger partial charge in [0.25, 0.3) is 0 Å². The number of fused-ring (bicyclic) bond motifs is 1. The highest BCUT2D eigenvalue weighted by Gasteiger charge is 2.33. The van der Waals surface area contributed by atoms with E-state index in [1.54, 1.807) is 6.33 Å². The molecule has 0 spiro atoms. The van der Waals surface area contributed by atoms with Crippen LogP contribution in [0, 0.1) is 0 Å². The van der Waals surface area contributed by atoms with E-state index in [2.05, 4.69) is 41.0 Å². The van der Waals surface area contributed by atoms with E-state index in [1.807, 2.05) is 29.2 Å². The lowest BCUT2D eigenvalue weighted by atomic mass is 10.0. The van der Waals surface area contributed by atoms with Gasteiger partial charge in [-0.1, -0.05) is 44.5 Å². The molecule has 1 fully saturated rings. The van der Waals surface area contributed by atoms with E-state index in [9.17, 15) is 4.79 Å². The summed E-state index contributed by atoms with van der Waals surface area (Å²) in [5.74, 6) is 1.62. The van der Waals surface area contributed by atoms with Gasteiger partial charge in [-0.25, -0.2) is 9.97 Å². The van der Waals surface area contributed by atoms with Gasteiger partial charge in [0, 0.05) is 35.4 Å². The van der Waals surface area contributed by atoms with Crippen LogP contribution in [-0.4, -0.2) is 52.6 Å². The quantitative estimate of drug-likeness (QED) is 0.765. The molecule has 1 aromatic heterocycles. The Morgan fingerprint density at radius 1 is 1.23 bits per heavy atom. The van der Waals surface area contributed by atoms with Gasteiger partial charge < -0.3 is 15.1 Å². The number of carbonyl (C=O) groups is 1. The Hall–Kier alpha value is -2.18. The summed E-state index contributed by atoms with van der Waals surface area (Å²) in [6, 6.07) is 7.70. The molecule has 0 saturated carbocycles. The second-order valence-corrected chi connectivity index (χ2v) is 9.14. The normalized spacial score (nSPS) is 19.4. The molecule has 1 aliphatic heterocycles. The van der Waals surface area contributed by atoms with Crippen LogP contribution in [-0.2, 0) is 17.6 Å². The smallest absolute Gasteiger partial charge is 0.241 e. The predicted molar refractivity (Wildman–Crippen MR) is 120 cm³/mol. The molecule has 1 amide bonds. The number of amides is 1. The third kappa shape index (κ3) is 4.44. The SMILES string of the molecule is CC(C)N[C@H](Cc1ccc(Cl)cc1)C(=O)N1CCN(c2ncnc3c2[C@H](C)CC3)C1. The maximum atomic E-state index is 13.4. The predicted octanol–water partition coefficient (Wildman–Crippen LogP) is 3.40. The minimum absolute atomic E-state index is 0.139. The molecule has 1 N–H and O–H groups in total.